The van der Waals surface area contributed by atoms with Gasteiger partial charge >= 0.3 is 0 Å². The largest absolute Gasteiger partial charge is 0.366 e. The summed E-state index contributed by atoms with van der Waals surface area (Å²) in [7, 11) is -3.91. The van der Waals surface area contributed by atoms with Gasteiger partial charge in [-0.05, 0) is 26.0 Å². The molecule has 0 fully saturated rings. The average Bonchev–Trinajstić information content (AvgIpc) is 2.33. The zero-order valence-corrected chi connectivity index (χ0v) is 11.3. The Bertz CT molecular complexity index is 766. The number of hydrogen-bond donors (Lipinski definition) is 2. The predicted octanol–water partition coefficient (Wildman–Crippen LogP) is 1.19. The first-order valence-corrected chi connectivity index (χ1v) is 7.02. The molecule has 0 aromatic carbocycles. The lowest BCUT2D eigenvalue weighted by Crippen LogP contribution is -2.21. The van der Waals surface area contributed by atoms with Gasteiger partial charge in [-0.15, -0.1) is 0 Å². The van der Waals surface area contributed by atoms with Crippen LogP contribution in [0, 0.1) is 13.8 Å². The molecule has 0 atom stereocenters. The monoisotopic (exact) mass is 279 g/mol. The van der Waals surface area contributed by atoms with Crippen LogP contribution in [0.5, 0.6) is 0 Å². The highest BCUT2D eigenvalue weighted by Crippen LogP contribution is 2.16. The van der Waals surface area contributed by atoms with Gasteiger partial charge in [0.25, 0.3) is 10.0 Å². The van der Waals surface area contributed by atoms with Gasteiger partial charge in [-0.1, -0.05) is 0 Å². The van der Waals surface area contributed by atoms with Crippen LogP contribution in [0.4, 0.5) is 5.69 Å². The number of nitrogens with zero attached hydrogens (tertiary/aromatic N) is 1. The van der Waals surface area contributed by atoms with E-state index in [9.17, 15) is 13.2 Å². The molecule has 0 aliphatic heterocycles. The van der Waals surface area contributed by atoms with Gasteiger partial charge in [0.1, 0.15) is 0 Å². The lowest BCUT2D eigenvalue weighted by atomic mass is 10.3. The van der Waals surface area contributed by atoms with Crippen LogP contribution in [-0.2, 0) is 10.0 Å². The van der Waals surface area contributed by atoms with Crippen molar-refractivity contribution in [3.63, 3.8) is 0 Å². The molecule has 0 saturated carbocycles. The van der Waals surface area contributed by atoms with Crippen molar-refractivity contribution in [3.05, 3.63) is 52.2 Å². The fourth-order valence-electron chi connectivity index (χ4n) is 1.61. The molecule has 7 heteroatoms. The van der Waals surface area contributed by atoms with Gasteiger partial charge in [0, 0.05) is 24.2 Å². The summed E-state index contributed by atoms with van der Waals surface area (Å²) in [6.45, 7) is 3.51. The number of H-pyrrole nitrogens is 1. The second-order valence-corrected chi connectivity index (χ2v) is 5.71. The molecule has 2 rings (SSSR count). The Morgan fingerprint density at radius 2 is 1.95 bits per heavy atom. The van der Waals surface area contributed by atoms with Crippen LogP contribution in [0.15, 0.2) is 40.3 Å². The second kappa shape index (κ2) is 4.85. The van der Waals surface area contributed by atoms with Gasteiger partial charge in [0.2, 0.25) is 5.43 Å². The zero-order valence-electron chi connectivity index (χ0n) is 10.5. The Hall–Kier alpha value is -2.15. The summed E-state index contributed by atoms with van der Waals surface area (Å²) in [4.78, 5) is 18.0. The highest BCUT2D eigenvalue weighted by Gasteiger charge is 2.18. The summed E-state index contributed by atoms with van der Waals surface area (Å²) in [5.74, 6) is 0. The molecule has 0 radical (unpaired) electrons. The lowest BCUT2D eigenvalue weighted by molar-refractivity contribution is 0.600. The third-order valence-corrected chi connectivity index (χ3v) is 3.93. The van der Waals surface area contributed by atoms with Crippen molar-refractivity contribution in [2.75, 3.05) is 4.72 Å². The summed E-state index contributed by atoms with van der Waals surface area (Å²) in [5.41, 5.74) is 1.13. The van der Waals surface area contributed by atoms with Gasteiger partial charge in [0.05, 0.1) is 11.4 Å². The second-order valence-electron chi connectivity index (χ2n) is 4.06. The summed E-state index contributed by atoms with van der Waals surface area (Å²) < 4.78 is 26.6. The van der Waals surface area contributed by atoms with E-state index in [1.807, 2.05) is 6.92 Å². The van der Waals surface area contributed by atoms with Crippen molar-refractivity contribution in [2.45, 2.75) is 18.7 Å². The van der Waals surface area contributed by atoms with Crippen LogP contribution in [0.2, 0.25) is 0 Å². The first-order valence-electron chi connectivity index (χ1n) is 5.54. The maximum absolute atomic E-state index is 12.1. The number of sulfonamides is 1. The number of rotatable bonds is 3. The van der Waals surface area contributed by atoms with Gasteiger partial charge in [-0.3, -0.25) is 14.5 Å². The smallest absolute Gasteiger partial charge is 0.267 e. The first-order chi connectivity index (χ1) is 8.90. The Morgan fingerprint density at radius 1 is 1.21 bits per heavy atom. The van der Waals surface area contributed by atoms with Crippen molar-refractivity contribution in [3.8, 4) is 0 Å². The standard InChI is InChI=1S/C12H13N3O3S/c1-8-3-4-10(9(2)14-8)15-19(17,18)12-7-13-6-5-11(12)16/h3-7,15H,1-2H3,(H,13,16). The predicted molar refractivity (Wildman–Crippen MR) is 71.6 cm³/mol. The van der Waals surface area contributed by atoms with E-state index in [0.29, 0.717) is 11.4 Å². The normalized spacial score (nSPS) is 11.3. The maximum Gasteiger partial charge on any atom is 0.267 e. The summed E-state index contributed by atoms with van der Waals surface area (Å²) in [6.07, 6.45) is 2.53. The fourth-order valence-corrected chi connectivity index (χ4v) is 2.78. The van der Waals surface area contributed by atoms with E-state index in [0.717, 1.165) is 18.0 Å². The van der Waals surface area contributed by atoms with Gasteiger partial charge < -0.3 is 4.98 Å². The molecule has 0 spiro atoms. The molecule has 0 saturated heterocycles. The van der Waals surface area contributed by atoms with E-state index in [4.69, 9.17) is 0 Å². The van der Waals surface area contributed by atoms with Gasteiger partial charge in [-0.25, -0.2) is 8.42 Å². The van der Waals surface area contributed by atoms with E-state index < -0.39 is 15.5 Å². The van der Waals surface area contributed by atoms with Crippen molar-refractivity contribution in [1.82, 2.24) is 9.97 Å². The van der Waals surface area contributed by atoms with Gasteiger partial charge in [0.15, 0.2) is 4.90 Å². The summed E-state index contributed by atoms with van der Waals surface area (Å²) in [6, 6.07) is 4.47. The van der Waals surface area contributed by atoms with E-state index in [-0.39, 0.29) is 4.90 Å². The number of aromatic nitrogens is 2. The number of nitrogens with one attached hydrogen (secondary N) is 2. The minimum absolute atomic E-state index is 0.324. The Balaban J connectivity index is 2.43. The Kier molecular flexibility index (Phi) is 3.39. The van der Waals surface area contributed by atoms with Crippen molar-refractivity contribution in [1.29, 1.82) is 0 Å². The molecule has 0 bridgehead atoms. The molecule has 0 aliphatic carbocycles. The van der Waals surface area contributed by atoms with Crippen LogP contribution in [-0.4, -0.2) is 18.4 Å². The quantitative estimate of drug-likeness (QED) is 0.882. The van der Waals surface area contributed by atoms with Crippen LogP contribution in [0.1, 0.15) is 11.4 Å². The molecule has 100 valence electrons. The number of hydrogen-bond acceptors (Lipinski definition) is 4. The number of aromatic amines is 1. The van der Waals surface area contributed by atoms with Crippen molar-refractivity contribution >= 4 is 15.7 Å². The summed E-state index contributed by atoms with van der Waals surface area (Å²) in [5, 5.41) is 0. The molecule has 2 aromatic heterocycles. The molecule has 2 heterocycles. The van der Waals surface area contributed by atoms with Crippen molar-refractivity contribution < 1.29 is 8.42 Å². The van der Waals surface area contributed by atoms with Crippen LogP contribution >= 0.6 is 0 Å². The van der Waals surface area contributed by atoms with E-state index in [2.05, 4.69) is 14.7 Å². The maximum atomic E-state index is 12.1. The van der Waals surface area contributed by atoms with E-state index in [1.54, 1.807) is 19.1 Å². The van der Waals surface area contributed by atoms with E-state index in [1.165, 1.54) is 6.20 Å². The molecule has 2 aromatic rings. The fraction of sp³-hybridized carbons (Fsp3) is 0.167. The minimum atomic E-state index is -3.91. The third-order valence-electron chi connectivity index (χ3n) is 2.55. The van der Waals surface area contributed by atoms with Gasteiger partial charge in [-0.2, -0.15) is 0 Å². The third kappa shape index (κ3) is 2.82. The molecule has 0 unspecified atom stereocenters. The SMILES string of the molecule is Cc1ccc(NS(=O)(=O)c2c[nH]ccc2=O)c(C)n1. The first kappa shape index (κ1) is 13.3. The highest BCUT2D eigenvalue weighted by molar-refractivity contribution is 7.92. The van der Waals surface area contributed by atoms with Crippen LogP contribution < -0.4 is 10.2 Å². The molecule has 0 aliphatic rings. The zero-order chi connectivity index (χ0) is 14.0. The summed E-state index contributed by atoms with van der Waals surface area (Å²) >= 11 is 0. The Labute approximate surface area is 110 Å². The molecule has 2 N–H and O–H groups in total. The Morgan fingerprint density at radius 3 is 2.58 bits per heavy atom. The molecular weight excluding hydrogens is 266 g/mol. The minimum Gasteiger partial charge on any atom is -0.366 e. The number of anilines is 1. The van der Waals surface area contributed by atoms with E-state index >= 15 is 0 Å². The lowest BCUT2D eigenvalue weighted by Gasteiger charge is -2.09. The van der Waals surface area contributed by atoms with Crippen molar-refractivity contribution in [2.24, 2.45) is 0 Å². The average molecular weight is 279 g/mol. The molecule has 6 nitrogen and oxygen atoms in total. The highest BCUT2D eigenvalue weighted by atomic mass is 32.2. The molecule has 0 amide bonds. The molecular formula is C12H13N3O3S. The number of aryl methyl sites for hydroxylation is 2. The van der Waals surface area contributed by atoms with Crippen LogP contribution in [0.25, 0.3) is 0 Å². The number of pyridine rings is 2. The topological polar surface area (TPSA) is 91.9 Å². The van der Waals surface area contributed by atoms with Crippen LogP contribution in [0.3, 0.4) is 0 Å². The molecule has 19 heavy (non-hydrogen) atoms.